The number of aryl methyl sites for hydroxylation is 1. The Bertz CT molecular complexity index is 1110. The van der Waals surface area contributed by atoms with E-state index in [-0.39, 0.29) is 10.5 Å². The molecule has 5 nitrogen and oxygen atoms in total. The van der Waals surface area contributed by atoms with Gasteiger partial charge in [0.15, 0.2) is 9.84 Å². The summed E-state index contributed by atoms with van der Waals surface area (Å²) in [4.78, 5) is 16.3. The molecule has 138 valence electrons. The summed E-state index contributed by atoms with van der Waals surface area (Å²) in [6.45, 7) is 1.92. The van der Waals surface area contributed by atoms with E-state index >= 15 is 0 Å². The Morgan fingerprint density at radius 3 is 2.33 bits per heavy atom. The van der Waals surface area contributed by atoms with Crippen molar-refractivity contribution in [3.05, 3.63) is 71.9 Å². The molecular formula is C20H16ClNO4S. The van der Waals surface area contributed by atoms with Crippen molar-refractivity contribution in [1.29, 1.82) is 0 Å². The number of halogens is 1. The van der Waals surface area contributed by atoms with Crippen LogP contribution < -0.4 is 4.74 Å². The Kier molecular flexibility index (Phi) is 5.30. The van der Waals surface area contributed by atoms with E-state index in [0.717, 1.165) is 17.5 Å². The normalized spacial score (nSPS) is 11.2. The van der Waals surface area contributed by atoms with Gasteiger partial charge in [-0.3, -0.25) is 9.78 Å². The van der Waals surface area contributed by atoms with Crippen LogP contribution in [0.25, 0.3) is 11.3 Å². The number of rotatable bonds is 5. The van der Waals surface area contributed by atoms with Gasteiger partial charge in [0.05, 0.1) is 10.6 Å². The topological polar surface area (TPSA) is 73.3 Å². The molecule has 27 heavy (non-hydrogen) atoms. The number of ether oxygens (including phenoxy) is 1. The van der Waals surface area contributed by atoms with Crippen LogP contribution in [-0.4, -0.2) is 24.9 Å². The summed E-state index contributed by atoms with van der Waals surface area (Å²) < 4.78 is 28.9. The van der Waals surface area contributed by atoms with Crippen LogP contribution in [0.2, 0.25) is 0 Å². The molecule has 0 unspecified atom stereocenters. The molecule has 0 saturated heterocycles. The SMILES string of the molecule is Cc1cccnc1-c1cc(Oc2ccc(S(C)(=O)=O)cc2)cc(C(=O)Cl)c1. The number of aromatic nitrogens is 1. The fraction of sp³-hybridized carbons (Fsp3) is 0.100. The average molecular weight is 402 g/mol. The fourth-order valence-electron chi connectivity index (χ4n) is 2.59. The van der Waals surface area contributed by atoms with Gasteiger partial charge in [-0.15, -0.1) is 0 Å². The Morgan fingerprint density at radius 1 is 1.04 bits per heavy atom. The number of sulfone groups is 1. The summed E-state index contributed by atoms with van der Waals surface area (Å²) in [5.41, 5.74) is 2.64. The number of benzene rings is 2. The van der Waals surface area contributed by atoms with Gasteiger partial charge < -0.3 is 4.74 Å². The van der Waals surface area contributed by atoms with E-state index in [1.807, 2.05) is 19.1 Å². The second-order valence-electron chi connectivity index (χ2n) is 6.03. The molecule has 3 rings (SSSR count). The zero-order chi connectivity index (χ0) is 19.6. The molecule has 0 bridgehead atoms. The largest absolute Gasteiger partial charge is 0.457 e. The van der Waals surface area contributed by atoms with Gasteiger partial charge in [0.25, 0.3) is 5.24 Å². The highest BCUT2D eigenvalue weighted by molar-refractivity contribution is 7.90. The van der Waals surface area contributed by atoms with Crippen LogP contribution in [0.3, 0.4) is 0 Å². The van der Waals surface area contributed by atoms with Gasteiger partial charge in [-0.05, 0) is 72.6 Å². The van der Waals surface area contributed by atoms with E-state index in [4.69, 9.17) is 16.3 Å². The second kappa shape index (κ2) is 7.50. The minimum atomic E-state index is -3.28. The van der Waals surface area contributed by atoms with E-state index in [0.29, 0.717) is 17.1 Å². The standard InChI is InChI=1S/C20H16ClNO4S/c1-13-4-3-9-22-19(13)14-10-15(20(21)23)12-17(11-14)26-16-5-7-18(8-6-16)27(2,24)25/h3-12H,1-2H3. The summed E-state index contributed by atoms with van der Waals surface area (Å²) >= 11 is 5.67. The van der Waals surface area contributed by atoms with E-state index in [9.17, 15) is 13.2 Å². The molecule has 0 N–H and O–H groups in total. The van der Waals surface area contributed by atoms with Crippen LogP contribution in [0.4, 0.5) is 0 Å². The molecule has 3 aromatic rings. The average Bonchev–Trinajstić information content (AvgIpc) is 2.61. The smallest absolute Gasteiger partial charge is 0.252 e. The van der Waals surface area contributed by atoms with Gasteiger partial charge in [0, 0.05) is 23.6 Å². The predicted octanol–water partition coefficient (Wildman–Crippen LogP) is 4.63. The molecule has 0 atom stereocenters. The number of hydrogen-bond acceptors (Lipinski definition) is 5. The first-order valence-electron chi connectivity index (χ1n) is 7.99. The van der Waals surface area contributed by atoms with E-state index in [1.54, 1.807) is 30.5 Å². The van der Waals surface area contributed by atoms with Crippen LogP contribution in [0.15, 0.2) is 65.7 Å². The Hall–Kier alpha value is -2.70. The second-order valence-corrected chi connectivity index (χ2v) is 8.39. The minimum Gasteiger partial charge on any atom is -0.457 e. The molecule has 0 aliphatic heterocycles. The monoisotopic (exact) mass is 401 g/mol. The van der Waals surface area contributed by atoms with Crippen LogP contribution in [0.5, 0.6) is 11.5 Å². The molecule has 0 saturated carbocycles. The molecule has 0 aliphatic rings. The molecular weight excluding hydrogens is 386 g/mol. The van der Waals surface area contributed by atoms with Gasteiger partial charge in [-0.2, -0.15) is 0 Å². The molecule has 1 heterocycles. The van der Waals surface area contributed by atoms with Crippen molar-refractivity contribution in [2.24, 2.45) is 0 Å². The number of carbonyl (C=O) groups excluding carboxylic acids is 1. The van der Waals surface area contributed by atoms with Gasteiger partial charge in [-0.25, -0.2) is 8.42 Å². The van der Waals surface area contributed by atoms with Gasteiger partial charge in [-0.1, -0.05) is 6.07 Å². The maximum Gasteiger partial charge on any atom is 0.252 e. The van der Waals surface area contributed by atoms with E-state index in [1.165, 1.54) is 18.2 Å². The molecule has 1 aromatic heterocycles. The highest BCUT2D eigenvalue weighted by Crippen LogP contribution is 2.30. The zero-order valence-corrected chi connectivity index (χ0v) is 16.2. The van der Waals surface area contributed by atoms with E-state index < -0.39 is 15.1 Å². The van der Waals surface area contributed by atoms with Crippen molar-refractivity contribution >= 4 is 26.7 Å². The summed E-state index contributed by atoms with van der Waals surface area (Å²) in [6, 6.07) is 14.7. The van der Waals surface area contributed by atoms with Crippen LogP contribution >= 0.6 is 11.6 Å². The first-order chi connectivity index (χ1) is 12.7. The minimum absolute atomic E-state index is 0.198. The van der Waals surface area contributed by atoms with Gasteiger partial charge in [0.2, 0.25) is 0 Å². The third kappa shape index (κ3) is 4.53. The fourth-order valence-corrected chi connectivity index (χ4v) is 3.33. The Morgan fingerprint density at radius 2 is 1.74 bits per heavy atom. The summed E-state index contributed by atoms with van der Waals surface area (Å²) in [5, 5.41) is -0.609. The lowest BCUT2D eigenvalue weighted by molar-refractivity contribution is 0.108. The van der Waals surface area contributed by atoms with Crippen LogP contribution in [0.1, 0.15) is 15.9 Å². The maximum absolute atomic E-state index is 11.7. The van der Waals surface area contributed by atoms with Crippen molar-refractivity contribution in [1.82, 2.24) is 4.98 Å². The predicted molar refractivity (Wildman–Crippen MR) is 104 cm³/mol. The third-order valence-electron chi connectivity index (χ3n) is 3.90. The lowest BCUT2D eigenvalue weighted by Crippen LogP contribution is -1.97. The highest BCUT2D eigenvalue weighted by atomic mass is 35.5. The Balaban J connectivity index is 2.00. The van der Waals surface area contributed by atoms with E-state index in [2.05, 4.69) is 4.98 Å². The number of nitrogens with zero attached hydrogens (tertiary/aromatic N) is 1. The van der Waals surface area contributed by atoms with Crippen molar-refractivity contribution in [3.63, 3.8) is 0 Å². The lowest BCUT2D eigenvalue weighted by Gasteiger charge is -2.11. The van der Waals surface area contributed by atoms with Crippen molar-refractivity contribution in [2.45, 2.75) is 11.8 Å². The van der Waals surface area contributed by atoms with Crippen LogP contribution in [0, 0.1) is 6.92 Å². The molecule has 0 radical (unpaired) electrons. The van der Waals surface area contributed by atoms with Crippen molar-refractivity contribution in [3.8, 4) is 22.8 Å². The summed E-state index contributed by atoms with van der Waals surface area (Å²) in [5.74, 6) is 0.832. The maximum atomic E-state index is 11.7. The number of hydrogen-bond donors (Lipinski definition) is 0. The molecule has 0 aliphatic carbocycles. The van der Waals surface area contributed by atoms with Crippen molar-refractivity contribution < 1.29 is 17.9 Å². The number of carbonyl (C=O) groups is 1. The van der Waals surface area contributed by atoms with Crippen LogP contribution in [-0.2, 0) is 9.84 Å². The third-order valence-corrected chi connectivity index (χ3v) is 5.25. The molecule has 7 heteroatoms. The first kappa shape index (κ1) is 19.1. The molecule has 0 fully saturated rings. The summed E-state index contributed by atoms with van der Waals surface area (Å²) in [7, 11) is -3.28. The molecule has 0 spiro atoms. The Labute approximate surface area is 162 Å². The lowest BCUT2D eigenvalue weighted by atomic mass is 10.0. The molecule has 2 aromatic carbocycles. The summed E-state index contributed by atoms with van der Waals surface area (Å²) in [6.07, 6.45) is 2.81. The first-order valence-corrected chi connectivity index (χ1v) is 10.3. The zero-order valence-electron chi connectivity index (χ0n) is 14.6. The van der Waals surface area contributed by atoms with Crippen molar-refractivity contribution in [2.75, 3.05) is 6.26 Å². The van der Waals surface area contributed by atoms with Gasteiger partial charge >= 0.3 is 0 Å². The molecule has 0 amide bonds. The highest BCUT2D eigenvalue weighted by Gasteiger charge is 2.12. The number of pyridine rings is 1. The van der Waals surface area contributed by atoms with Gasteiger partial charge in [0.1, 0.15) is 11.5 Å². The quantitative estimate of drug-likeness (QED) is 0.582.